The van der Waals surface area contributed by atoms with Crippen molar-refractivity contribution in [3.8, 4) is 61.9 Å². The van der Waals surface area contributed by atoms with E-state index in [0.717, 1.165) is 121 Å². The van der Waals surface area contributed by atoms with E-state index in [4.69, 9.17) is 29.2 Å². The number of nitrogens with zero attached hydrogens (tertiary/aromatic N) is 6. The van der Waals surface area contributed by atoms with Crippen LogP contribution in [0.3, 0.4) is 0 Å². The van der Waals surface area contributed by atoms with Gasteiger partial charge in [0.25, 0.3) is 0 Å². The first-order chi connectivity index (χ1) is 53.8. The monoisotopic (exact) mass is 1470 g/mol. The topological polar surface area (TPSA) is 122 Å². The van der Waals surface area contributed by atoms with Crippen LogP contribution in [-0.4, -0.2) is 61.0 Å². The highest BCUT2D eigenvalue weighted by Crippen LogP contribution is 2.40. The third kappa shape index (κ3) is 12.5. The van der Waals surface area contributed by atoms with Crippen molar-refractivity contribution >= 4 is 143 Å². The second-order valence-corrected chi connectivity index (χ2v) is 30.8. The Morgan fingerprint density at radius 1 is 0.324 bits per heavy atom. The number of hydrogen-bond acceptors (Lipinski definition) is 9. The lowest BCUT2D eigenvalue weighted by Crippen LogP contribution is -2.41. The van der Waals surface area contributed by atoms with Crippen LogP contribution in [0.2, 0.25) is 0 Å². The third-order valence-electron chi connectivity index (χ3n) is 21.7. The van der Waals surface area contributed by atoms with Gasteiger partial charge in [0, 0.05) is 21.9 Å². The number of rotatable bonds is 8. The molecule has 536 valence electrons. The largest absolute Gasteiger partial charge is 0.534 e. The summed E-state index contributed by atoms with van der Waals surface area (Å²) < 4.78 is 80.8. The van der Waals surface area contributed by atoms with E-state index in [1.54, 1.807) is 6.07 Å². The number of hydrogen-bond donors (Lipinski definition) is 0. The van der Waals surface area contributed by atoms with Crippen LogP contribution in [-0.2, 0) is 19.4 Å². The molecule has 1 saturated heterocycles. The Morgan fingerprint density at radius 3 is 1.03 bits per heavy atom. The SMILES string of the molecule is CC1(C)OB(c2ccc3cc(-c4nc5ccccc5c5nc6ccccc6n45)ccc3c2)OC1(C)C.O=S(=O)(Oc1ccc2cc(-c3ccc4ccccc4c3)ccc2c1)C(F)(F)F.c1ccc2cc(-c3ccc4cc(-c5ccc6cc(-c7nc8ccccc8c8nc9ccccc9n78)ccc6c5)ccc4c3)ccc2c1. The van der Waals surface area contributed by atoms with E-state index in [-0.39, 0.29) is 24.1 Å². The van der Waals surface area contributed by atoms with Crippen molar-refractivity contribution < 1.29 is 35.1 Å². The molecule has 0 spiro atoms. The molecule has 4 aromatic heterocycles. The summed E-state index contributed by atoms with van der Waals surface area (Å²) in [5.41, 5.74) is 11.6. The molecule has 0 aliphatic carbocycles. The smallest absolute Gasteiger partial charge is 0.399 e. The quantitative estimate of drug-likeness (QED) is 0.0831. The molecule has 0 atom stereocenters. The lowest BCUT2D eigenvalue weighted by molar-refractivity contribution is -0.0500. The molecule has 0 saturated carbocycles. The highest BCUT2D eigenvalue weighted by molar-refractivity contribution is 7.88. The Bertz CT molecular complexity index is 7310. The van der Waals surface area contributed by atoms with Crippen molar-refractivity contribution in [1.82, 2.24) is 28.7 Å². The summed E-state index contributed by atoms with van der Waals surface area (Å²) in [6, 6.07) is 112. The summed E-state index contributed by atoms with van der Waals surface area (Å²) in [5.74, 6) is 1.40. The normalized spacial score (nSPS) is 13.7. The molecule has 0 N–H and O–H groups in total. The predicted molar refractivity (Wildman–Crippen MR) is 446 cm³/mol. The maximum atomic E-state index is 12.5. The minimum atomic E-state index is -5.69. The van der Waals surface area contributed by atoms with Gasteiger partial charge in [0.1, 0.15) is 28.7 Å². The predicted octanol–water partition coefficient (Wildman–Crippen LogP) is 23.5. The Morgan fingerprint density at radius 2 is 0.622 bits per heavy atom. The first kappa shape index (κ1) is 68.4. The number of alkyl halides is 3. The molecule has 21 rings (SSSR count). The molecule has 5 heterocycles. The summed E-state index contributed by atoms with van der Waals surface area (Å²) >= 11 is 0. The van der Waals surface area contributed by atoms with Gasteiger partial charge >= 0.3 is 22.7 Å². The number of imidazole rings is 2. The van der Waals surface area contributed by atoms with E-state index >= 15 is 0 Å². The Balaban J connectivity index is 0.000000117. The highest BCUT2D eigenvalue weighted by atomic mass is 32.2. The molecule has 0 radical (unpaired) electrons. The minimum Gasteiger partial charge on any atom is -0.399 e. The summed E-state index contributed by atoms with van der Waals surface area (Å²) in [6.45, 7) is 8.32. The Hall–Kier alpha value is -13.1. The van der Waals surface area contributed by atoms with E-state index in [1.807, 2.05) is 84.9 Å². The second-order valence-electron chi connectivity index (χ2n) is 29.2. The van der Waals surface area contributed by atoms with E-state index in [2.05, 4.69) is 259 Å². The molecule has 1 aliphatic rings. The van der Waals surface area contributed by atoms with E-state index in [0.29, 0.717) is 5.39 Å². The zero-order chi connectivity index (χ0) is 75.5. The molecule has 1 fully saturated rings. The van der Waals surface area contributed by atoms with Gasteiger partial charge in [0.05, 0.1) is 44.3 Å². The molecule has 16 aromatic carbocycles. The fourth-order valence-corrected chi connectivity index (χ4v) is 15.6. The number of para-hydroxylation sites is 6. The maximum Gasteiger partial charge on any atom is 0.534 e. The first-order valence-corrected chi connectivity index (χ1v) is 38.0. The first-order valence-electron chi connectivity index (χ1n) is 36.6. The van der Waals surface area contributed by atoms with Crippen molar-refractivity contribution in [1.29, 1.82) is 0 Å². The van der Waals surface area contributed by atoms with Crippen LogP contribution in [0.25, 0.3) is 176 Å². The fourth-order valence-electron chi connectivity index (χ4n) is 15.1. The van der Waals surface area contributed by atoms with Crippen molar-refractivity contribution in [3.63, 3.8) is 0 Å². The van der Waals surface area contributed by atoms with Gasteiger partial charge in [-0.15, -0.1) is 0 Å². The molecular formula is C95H66BF3N6O5S. The Kier molecular flexibility index (Phi) is 16.4. The van der Waals surface area contributed by atoms with Crippen LogP contribution in [0.4, 0.5) is 13.2 Å². The van der Waals surface area contributed by atoms with E-state index in [1.165, 1.54) is 72.8 Å². The van der Waals surface area contributed by atoms with Crippen molar-refractivity contribution in [3.05, 3.63) is 328 Å². The number of halogens is 3. The Labute approximate surface area is 636 Å². The zero-order valence-corrected chi connectivity index (χ0v) is 61.3. The van der Waals surface area contributed by atoms with Gasteiger partial charge in [0.15, 0.2) is 0 Å². The van der Waals surface area contributed by atoms with Crippen molar-refractivity contribution in [2.75, 3.05) is 0 Å². The van der Waals surface area contributed by atoms with Crippen molar-refractivity contribution in [2.45, 2.75) is 44.4 Å². The number of fused-ring (bicyclic) bond motifs is 16. The molecule has 16 heteroatoms. The molecule has 0 bridgehead atoms. The fraction of sp³-hybridized carbons (Fsp3) is 0.0737. The highest BCUT2D eigenvalue weighted by Gasteiger charge is 2.52. The van der Waals surface area contributed by atoms with Gasteiger partial charge in [-0.05, 0) is 240 Å². The summed E-state index contributed by atoms with van der Waals surface area (Å²) in [6.07, 6.45) is 0. The summed E-state index contributed by atoms with van der Waals surface area (Å²) in [4.78, 5) is 20.2. The number of benzene rings is 16. The van der Waals surface area contributed by atoms with Crippen LogP contribution >= 0.6 is 0 Å². The van der Waals surface area contributed by atoms with Crippen LogP contribution < -0.4 is 9.65 Å². The van der Waals surface area contributed by atoms with E-state index in [9.17, 15) is 21.6 Å². The molecular weight excluding hydrogens is 1400 g/mol. The summed E-state index contributed by atoms with van der Waals surface area (Å²) in [5, 5.41) is 15.3. The molecule has 11 nitrogen and oxygen atoms in total. The van der Waals surface area contributed by atoms with Gasteiger partial charge in [-0.2, -0.15) is 21.6 Å². The van der Waals surface area contributed by atoms with Gasteiger partial charge in [-0.3, -0.25) is 8.80 Å². The van der Waals surface area contributed by atoms with Gasteiger partial charge in [-0.25, -0.2) is 19.9 Å². The standard InChI is InChI=1S/C44H27N3.C30H26BN3O2.C21H13F3O3S/c1-2-8-29-23-30(14-13-28(29)7-1)31-15-16-33-25-34(18-17-32(33)24-31)35-19-20-37-27-38(22-21-36(37)26-35)43-45-40-10-4-3-9-39(40)44-46-41-11-5-6-12-42(41)47(43)44;1-29(2)30(3,4)36-31(35-29)22-16-15-19-17-21(14-13-20(19)18-22)27-32-24-10-6-5-9-23(24)28-33-25-11-7-8-12-26(25)34(27)28;22-21(23,24)28(25,26)27-20-10-9-18-12-17(7-8-19(18)13-20)16-6-5-14-3-1-2-4-15(14)11-16/h1-27H;5-18H,1-4H3;1-13H. The van der Waals surface area contributed by atoms with Crippen LogP contribution in [0.5, 0.6) is 5.75 Å². The molecule has 0 amide bonds. The van der Waals surface area contributed by atoms with Crippen LogP contribution in [0.15, 0.2) is 328 Å². The molecule has 20 aromatic rings. The lowest BCUT2D eigenvalue weighted by atomic mass is 9.78. The average Bonchev–Trinajstić information content (AvgIpc) is 1.60. The average molecular weight is 1470 g/mol. The number of aromatic nitrogens is 6. The van der Waals surface area contributed by atoms with Crippen LogP contribution in [0.1, 0.15) is 27.7 Å². The maximum absolute atomic E-state index is 12.5. The zero-order valence-electron chi connectivity index (χ0n) is 60.5. The van der Waals surface area contributed by atoms with Crippen molar-refractivity contribution in [2.24, 2.45) is 0 Å². The van der Waals surface area contributed by atoms with Gasteiger partial charge < -0.3 is 13.5 Å². The minimum absolute atomic E-state index is 0.364. The second kappa shape index (κ2) is 26.6. The molecule has 1 aliphatic heterocycles. The molecule has 111 heavy (non-hydrogen) atoms. The van der Waals surface area contributed by atoms with Gasteiger partial charge in [-0.1, -0.05) is 218 Å². The van der Waals surface area contributed by atoms with Crippen LogP contribution in [0, 0.1) is 0 Å². The summed E-state index contributed by atoms with van der Waals surface area (Å²) in [7, 11) is -6.07. The van der Waals surface area contributed by atoms with E-state index < -0.39 is 15.6 Å². The lowest BCUT2D eigenvalue weighted by Gasteiger charge is -2.32. The molecule has 0 unspecified atom stereocenters. The third-order valence-corrected chi connectivity index (χ3v) is 22.7. The van der Waals surface area contributed by atoms with Gasteiger partial charge in [0.2, 0.25) is 0 Å².